The third-order valence-electron chi connectivity index (χ3n) is 6.00. The molecule has 188 valence electrons. The van der Waals surface area contributed by atoms with Gasteiger partial charge < -0.3 is 20.1 Å². The molecule has 1 atom stereocenters. The Hall–Kier alpha value is -4.49. The molecule has 0 aromatic carbocycles. The van der Waals surface area contributed by atoms with E-state index in [9.17, 15) is 18.4 Å². The lowest BCUT2D eigenvalue weighted by Crippen LogP contribution is -2.53. The van der Waals surface area contributed by atoms with Gasteiger partial charge in [-0.15, -0.1) is 0 Å². The number of anilines is 2. The number of halogens is 2. The Morgan fingerprint density at radius 1 is 1.28 bits per heavy atom. The van der Waals surface area contributed by atoms with E-state index < -0.39 is 12.6 Å². The number of carboxylic acid groups (broad SMARTS) is 1. The van der Waals surface area contributed by atoms with Crippen molar-refractivity contribution in [2.75, 3.05) is 18.5 Å². The SMILES string of the molecule is Cc1cc(Nc2cc3cc(-c4c(OC[C@H]5CCN5C(=O)O)cnn4C(F)F)ccn3n2)nn(C)c1=O. The van der Waals surface area contributed by atoms with Crippen molar-refractivity contribution in [2.24, 2.45) is 7.05 Å². The van der Waals surface area contributed by atoms with Crippen LogP contribution in [0.1, 0.15) is 18.5 Å². The lowest BCUT2D eigenvalue weighted by Gasteiger charge is -2.38. The molecule has 12 nitrogen and oxygen atoms in total. The molecule has 5 heterocycles. The Morgan fingerprint density at radius 3 is 2.72 bits per heavy atom. The minimum Gasteiger partial charge on any atom is -0.487 e. The number of hydrogen-bond acceptors (Lipinski definition) is 7. The first kappa shape index (κ1) is 23.3. The maximum Gasteiger partial charge on any atom is 0.407 e. The summed E-state index contributed by atoms with van der Waals surface area (Å²) in [5.41, 5.74) is 1.39. The van der Waals surface area contributed by atoms with E-state index in [4.69, 9.17) is 9.84 Å². The zero-order valence-corrected chi connectivity index (χ0v) is 19.3. The van der Waals surface area contributed by atoms with Crippen molar-refractivity contribution in [3.63, 3.8) is 0 Å². The smallest absolute Gasteiger partial charge is 0.407 e. The largest absolute Gasteiger partial charge is 0.487 e. The van der Waals surface area contributed by atoms with E-state index in [1.54, 1.807) is 48.9 Å². The van der Waals surface area contributed by atoms with Gasteiger partial charge >= 0.3 is 12.6 Å². The van der Waals surface area contributed by atoms with Gasteiger partial charge in [-0.2, -0.15) is 28.8 Å². The second-order valence-corrected chi connectivity index (χ2v) is 8.39. The summed E-state index contributed by atoms with van der Waals surface area (Å²) in [6.45, 7) is -0.784. The predicted octanol–water partition coefficient (Wildman–Crippen LogP) is 2.87. The summed E-state index contributed by atoms with van der Waals surface area (Å²) in [6.07, 6.45) is 2.40. The summed E-state index contributed by atoms with van der Waals surface area (Å²) < 4.78 is 36.5. The van der Waals surface area contributed by atoms with Crippen LogP contribution in [0, 0.1) is 6.92 Å². The molecule has 14 heteroatoms. The maximum absolute atomic E-state index is 13.7. The van der Waals surface area contributed by atoms with Gasteiger partial charge in [-0.25, -0.2) is 14.0 Å². The number of amides is 1. The van der Waals surface area contributed by atoms with Crippen LogP contribution in [-0.2, 0) is 7.05 Å². The summed E-state index contributed by atoms with van der Waals surface area (Å²) in [5.74, 6) is 0.992. The van der Waals surface area contributed by atoms with Crippen molar-refractivity contribution in [1.82, 2.24) is 34.1 Å². The molecule has 5 rings (SSSR count). The average Bonchev–Trinajstić information content (AvgIpc) is 3.39. The number of likely N-dealkylation sites (tertiary alicyclic amines) is 1. The number of rotatable bonds is 7. The van der Waals surface area contributed by atoms with Crippen molar-refractivity contribution in [3.8, 4) is 17.0 Å². The number of carbonyl (C=O) groups is 1. The third-order valence-corrected chi connectivity index (χ3v) is 6.00. The summed E-state index contributed by atoms with van der Waals surface area (Å²) in [6, 6.07) is 6.23. The number of aromatic nitrogens is 6. The second kappa shape index (κ2) is 8.94. The Morgan fingerprint density at radius 2 is 2.06 bits per heavy atom. The molecular weight excluding hydrogens is 478 g/mol. The monoisotopic (exact) mass is 500 g/mol. The minimum absolute atomic E-state index is 0.0310. The van der Waals surface area contributed by atoms with Crippen molar-refractivity contribution in [3.05, 3.63) is 52.6 Å². The van der Waals surface area contributed by atoms with Crippen molar-refractivity contribution in [2.45, 2.75) is 25.9 Å². The molecule has 4 aromatic heterocycles. The van der Waals surface area contributed by atoms with Gasteiger partial charge in [0.25, 0.3) is 5.56 Å². The Labute approximate surface area is 202 Å². The molecule has 2 N–H and O–H groups in total. The van der Waals surface area contributed by atoms with Crippen LogP contribution in [-0.4, -0.2) is 64.5 Å². The Balaban J connectivity index is 1.43. The molecule has 1 fully saturated rings. The molecule has 1 aliphatic rings. The maximum atomic E-state index is 13.7. The first-order valence-electron chi connectivity index (χ1n) is 11.0. The number of hydrogen-bond donors (Lipinski definition) is 2. The van der Waals surface area contributed by atoms with Gasteiger partial charge in [0.15, 0.2) is 17.4 Å². The molecule has 0 spiro atoms. The van der Waals surface area contributed by atoms with Gasteiger partial charge in [0.1, 0.15) is 12.3 Å². The van der Waals surface area contributed by atoms with Gasteiger partial charge in [-0.05, 0) is 31.5 Å². The molecule has 1 amide bonds. The summed E-state index contributed by atoms with van der Waals surface area (Å²) >= 11 is 0. The van der Waals surface area contributed by atoms with E-state index in [2.05, 4.69) is 20.6 Å². The van der Waals surface area contributed by atoms with E-state index in [1.807, 2.05) is 0 Å². The molecule has 1 aliphatic heterocycles. The van der Waals surface area contributed by atoms with E-state index >= 15 is 0 Å². The first-order chi connectivity index (χ1) is 17.2. The normalized spacial score (nSPS) is 15.4. The van der Waals surface area contributed by atoms with E-state index in [0.717, 1.165) is 0 Å². The third kappa shape index (κ3) is 4.21. The summed E-state index contributed by atoms with van der Waals surface area (Å²) in [5, 5.41) is 24.5. The highest BCUT2D eigenvalue weighted by molar-refractivity contribution is 5.73. The number of nitrogens with one attached hydrogen (secondary N) is 1. The zero-order valence-electron chi connectivity index (χ0n) is 19.3. The Kier molecular flexibility index (Phi) is 5.78. The number of fused-ring (bicyclic) bond motifs is 1. The van der Waals surface area contributed by atoms with Crippen LogP contribution >= 0.6 is 0 Å². The average molecular weight is 500 g/mol. The molecule has 1 saturated heterocycles. The highest BCUT2D eigenvalue weighted by atomic mass is 19.3. The molecular formula is C22H22F2N8O4. The van der Waals surface area contributed by atoms with Crippen LogP contribution in [0.2, 0.25) is 0 Å². The van der Waals surface area contributed by atoms with Crippen LogP contribution in [0.25, 0.3) is 16.8 Å². The topological polar surface area (TPSA) is 132 Å². The first-order valence-corrected chi connectivity index (χ1v) is 11.0. The minimum atomic E-state index is -2.91. The fourth-order valence-electron chi connectivity index (χ4n) is 4.08. The lowest BCUT2D eigenvalue weighted by molar-refractivity contribution is 0.0493. The fourth-order valence-corrected chi connectivity index (χ4v) is 4.08. The summed E-state index contributed by atoms with van der Waals surface area (Å²) in [7, 11) is 1.55. The second-order valence-electron chi connectivity index (χ2n) is 8.39. The quantitative estimate of drug-likeness (QED) is 0.396. The molecule has 0 bridgehead atoms. The molecule has 0 saturated carbocycles. The van der Waals surface area contributed by atoms with Gasteiger partial charge in [0.05, 0.1) is 17.8 Å². The number of pyridine rings is 1. The number of ether oxygens (including phenoxy) is 1. The fraction of sp³-hybridized carbons (Fsp3) is 0.318. The van der Waals surface area contributed by atoms with Crippen LogP contribution in [0.15, 0.2) is 41.5 Å². The van der Waals surface area contributed by atoms with Crippen molar-refractivity contribution < 1.29 is 23.4 Å². The van der Waals surface area contributed by atoms with E-state index in [1.165, 1.54) is 15.8 Å². The number of alkyl halides is 2. The van der Waals surface area contributed by atoms with Crippen LogP contribution < -0.4 is 15.6 Å². The van der Waals surface area contributed by atoms with E-state index in [-0.39, 0.29) is 29.7 Å². The Bertz CT molecular complexity index is 1490. The van der Waals surface area contributed by atoms with Crippen LogP contribution in [0.4, 0.5) is 25.2 Å². The molecule has 0 radical (unpaired) electrons. The summed E-state index contributed by atoms with van der Waals surface area (Å²) in [4.78, 5) is 24.3. The molecule has 0 unspecified atom stereocenters. The highest BCUT2D eigenvalue weighted by Gasteiger charge is 2.33. The predicted molar refractivity (Wildman–Crippen MR) is 124 cm³/mol. The van der Waals surface area contributed by atoms with Crippen LogP contribution in [0.5, 0.6) is 5.75 Å². The van der Waals surface area contributed by atoms with Gasteiger partial charge in [-0.1, -0.05) is 0 Å². The molecule has 36 heavy (non-hydrogen) atoms. The number of nitrogens with zero attached hydrogens (tertiary/aromatic N) is 7. The van der Waals surface area contributed by atoms with Gasteiger partial charge in [0.2, 0.25) is 0 Å². The molecule has 0 aliphatic carbocycles. The van der Waals surface area contributed by atoms with E-state index in [0.29, 0.717) is 45.9 Å². The zero-order chi connectivity index (χ0) is 25.6. The molecule has 4 aromatic rings. The lowest BCUT2D eigenvalue weighted by atomic mass is 10.1. The van der Waals surface area contributed by atoms with Crippen molar-refractivity contribution >= 4 is 23.2 Å². The number of aryl methyl sites for hydroxylation is 2. The van der Waals surface area contributed by atoms with Crippen LogP contribution in [0.3, 0.4) is 0 Å². The highest BCUT2D eigenvalue weighted by Crippen LogP contribution is 2.34. The van der Waals surface area contributed by atoms with Gasteiger partial charge in [-0.3, -0.25) is 4.79 Å². The standard InChI is InChI=1S/C22H22F2N8O4/c1-12-7-17(27-29(2)20(12)33)26-18-9-15-8-13(3-6-31(15)28-18)19-16(10-25-32(19)21(23)24)36-11-14-4-5-30(14)22(34)35/h3,6-10,14,21H,4-5,11H2,1-2H3,(H,34,35)(H,26,27,28)/t14-/m1/s1. The van der Waals surface area contributed by atoms with Crippen molar-refractivity contribution in [1.29, 1.82) is 0 Å². The van der Waals surface area contributed by atoms with Gasteiger partial charge in [0, 0.05) is 37.0 Å².